The minimum atomic E-state index is -0.115. The van der Waals surface area contributed by atoms with Crippen LogP contribution in [0.25, 0.3) is 0 Å². The predicted molar refractivity (Wildman–Crippen MR) is 113 cm³/mol. The van der Waals surface area contributed by atoms with Crippen LogP contribution in [0.15, 0.2) is 0 Å². The minimum absolute atomic E-state index is 0.0850. The summed E-state index contributed by atoms with van der Waals surface area (Å²) in [5.74, 6) is 2.77. The zero-order valence-corrected chi connectivity index (χ0v) is 18.3. The summed E-state index contributed by atoms with van der Waals surface area (Å²) in [7, 11) is 0. The van der Waals surface area contributed by atoms with Gasteiger partial charge in [0.15, 0.2) is 0 Å². The van der Waals surface area contributed by atoms with E-state index in [2.05, 4.69) is 27.7 Å². The molecule has 156 valence electrons. The van der Waals surface area contributed by atoms with Gasteiger partial charge < -0.3 is 10.2 Å². The lowest BCUT2D eigenvalue weighted by molar-refractivity contribution is 0.0504. The van der Waals surface area contributed by atoms with E-state index in [-0.39, 0.29) is 12.2 Å². The Labute approximate surface area is 164 Å². The molecule has 0 saturated heterocycles. The van der Waals surface area contributed by atoms with Crippen LogP contribution in [-0.4, -0.2) is 22.4 Å². The number of hydrogen-bond donors (Lipinski definition) is 2. The van der Waals surface area contributed by atoms with Gasteiger partial charge in [0.1, 0.15) is 0 Å². The van der Waals surface area contributed by atoms with Crippen LogP contribution in [0.5, 0.6) is 0 Å². The van der Waals surface area contributed by atoms with Gasteiger partial charge in [0.25, 0.3) is 0 Å². The molecule has 0 radical (unpaired) electrons. The molecule has 1 saturated carbocycles. The molecule has 26 heavy (non-hydrogen) atoms. The SMILES string of the molecule is CCCC(C)CC(O)CCCC[C@H](CC)CC(O)C1CCC(CC)CC1. The Bertz CT molecular complexity index is 322. The molecular weight excluding hydrogens is 320 g/mol. The first-order chi connectivity index (χ1) is 12.5. The summed E-state index contributed by atoms with van der Waals surface area (Å²) in [5, 5.41) is 20.9. The summed E-state index contributed by atoms with van der Waals surface area (Å²) in [4.78, 5) is 0. The fourth-order valence-electron chi connectivity index (χ4n) is 5.01. The fraction of sp³-hybridized carbons (Fsp3) is 1.00. The molecule has 0 bridgehead atoms. The van der Waals surface area contributed by atoms with Crippen molar-refractivity contribution in [2.45, 2.75) is 130 Å². The van der Waals surface area contributed by atoms with Crippen molar-refractivity contribution in [2.75, 3.05) is 0 Å². The fourth-order valence-corrected chi connectivity index (χ4v) is 5.01. The summed E-state index contributed by atoms with van der Waals surface area (Å²) in [6, 6.07) is 0. The van der Waals surface area contributed by atoms with E-state index in [0.29, 0.717) is 17.8 Å². The Balaban J connectivity index is 2.18. The molecule has 1 rings (SSSR count). The van der Waals surface area contributed by atoms with Crippen LogP contribution in [-0.2, 0) is 0 Å². The van der Waals surface area contributed by atoms with Crippen molar-refractivity contribution >= 4 is 0 Å². The quantitative estimate of drug-likeness (QED) is 0.334. The van der Waals surface area contributed by atoms with Crippen molar-refractivity contribution in [1.29, 1.82) is 0 Å². The van der Waals surface area contributed by atoms with Crippen molar-refractivity contribution in [3.63, 3.8) is 0 Å². The van der Waals surface area contributed by atoms with E-state index in [1.165, 1.54) is 64.2 Å². The molecule has 0 heterocycles. The average molecular weight is 369 g/mol. The van der Waals surface area contributed by atoms with E-state index in [1.807, 2.05) is 0 Å². The maximum atomic E-state index is 10.7. The van der Waals surface area contributed by atoms with Crippen LogP contribution < -0.4 is 0 Å². The van der Waals surface area contributed by atoms with E-state index in [4.69, 9.17) is 0 Å². The van der Waals surface area contributed by atoms with Crippen molar-refractivity contribution in [1.82, 2.24) is 0 Å². The number of unbranched alkanes of at least 4 members (excludes halogenated alkanes) is 1. The van der Waals surface area contributed by atoms with Gasteiger partial charge in [0, 0.05) is 0 Å². The second-order valence-electron chi connectivity index (χ2n) is 9.33. The molecule has 1 aliphatic carbocycles. The highest BCUT2D eigenvalue weighted by atomic mass is 16.3. The number of hydrogen-bond acceptors (Lipinski definition) is 2. The molecule has 0 amide bonds. The molecule has 2 heteroatoms. The predicted octanol–water partition coefficient (Wildman–Crippen LogP) is 6.73. The lowest BCUT2D eigenvalue weighted by atomic mass is 9.76. The molecule has 0 spiro atoms. The maximum Gasteiger partial charge on any atom is 0.0571 e. The number of rotatable bonds is 14. The first-order valence-electron chi connectivity index (χ1n) is 11.9. The van der Waals surface area contributed by atoms with Gasteiger partial charge in [-0.05, 0) is 55.8 Å². The Morgan fingerprint density at radius 2 is 1.50 bits per heavy atom. The third-order valence-corrected chi connectivity index (χ3v) is 7.02. The van der Waals surface area contributed by atoms with Crippen molar-refractivity contribution < 1.29 is 10.2 Å². The second kappa shape index (κ2) is 14.0. The highest BCUT2D eigenvalue weighted by Gasteiger charge is 2.27. The van der Waals surface area contributed by atoms with E-state index in [0.717, 1.165) is 31.6 Å². The smallest absolute Gasteiger partial charge is 0.0571 e. The molecular formula is C24H48O2. The normalized spacial score (nSPS) is 25.6. The zero-order chi connectivity index (χ0) is 19.4. The van der Waals surface area contributed by atoms with E-state index in [9.17, 15) is 10.2 Å². The van der Waals surface area contributed by atoms with Gasteiger partial charge in [-0.2, -0.15) is 0 Å². The summed E-state index contributed by atoms with van der Waals surface area (Å²) in [6.07, 6.45) is 16.3. The maximum absolute atomic E-state index is 10.7. The number of aliphatic hydroxyl groups excluding tert-OH is 2. The molecule has 3 unspecified atom stereocenters. The molecule has 0 aromatic heterocycles. The molecule has 0 aromatic carbocycles. The van der Waals surface area contributed by atoms with E-state index < -0.39 is 0 Å². The molecule has 2 N–H and O–H groups in total. The molecule has 2 nitrogen and oxygen atoms in total. The molecule has 1 aliphatic rings. The minimum Gasteiger partial charge on any atom is -0.393 e. The largest absolute Gasteiger partial charge is 0.393 e. The Morgan fingerprint density at radius 3 is 2.08 bits per heavy atom. The lowest BCUT2D eigenvalue weighted by Gasteiger charge is -2.32. The third kappa shape index (κ3) is 9.74. The summed E-state index contributed by atoms with van der Waals surface area (Å²) >= 11 is 0. The van der Waals surface area contributed by atoms with Crippen LogP contribution in [0, 0.1) is 23.7 Å². The molecule has 4 atom stereocenters. The van der Waals surface area contributed by atoms with Crippen LogP contribution in [0.1, 0.15) is 118 Å². The average Bonchev–Trinajstić information content (AvgIpc) is 2.64. The monoisotopic (exact) mass is 368 g/mol. The van der Waals surface area contributed by atoms with E-state index >= 15 is 0 Å². The van der Waals surface area contributed by atoms with Crippen molar-refractivity contribution in [3.8, 4) is 0 Å². The van der Waals surface area contributed by atoms with Crippen molar-refractivity contribution in [3.05, 3.63) is 0 Å². The van der Waals surface area contributed by atoms with Gasteiger partial charge in [-0.1, -0.05) is 85.5 Å². The molecule has 0 aromatic rings. The van der Waals surface area contributed by atoms with Gasteiger partial charge in [0.2, 0.25) is 0 Å². The Morgan fingerprint density at radius 1 is 0.846 bits per heavy atom. The molecule has 0 aliphatic heterocycles. The van der Waals surface area contributed by atoms with Crippen LogP contribution in [0.4, 0.5) is 0 Å². The Kier molecular flexibility index (Phi) is 12.9. The van der Waals surface area contributed by atoms with Crippen LogP contribution in [0.2, 0.25) is 0 Å². The Hall–Kier alpha value is -0.0800. The lowest BCUT2D eigenvalue weighted by Crippen LogP contribution is -2.27. The summed E-state index contributed by atoms with van der Waals surface area (Å²) in [5.41, 5.74) is 0. The summed E-state index contributed by atoms with van der Waals surface area (Å²) in [6.45, 7) is 9.05. The topological polar surface area (TPSA) is 40.5 Å². The highest BCUT2D eigenvalue weighted by Crippen LogP contribution is 2.35. The van der Waals surface area contributed by atoms with Crippen molar-refractivity contribution in [2.24, 2.45) is 23.7 Å². The highest BCUT2D eigenvalue weighted by molar-refractivity contribution is 4.79. The second-order valence-corrected chi connectivity index (χ2v) is 9.33. The summed E-state index contributed by atoms with van der Waals surface area (Å²) < 4.78 is 0. The van der Waals surface area contributed by atoms with Gasteiger partial charge in [-0.15, -0.1) is 0 Å². The van der Waals surface area contributed by atoms with E-state index in [1.54, 1.807) is 0 Å². The van der Waals surface area contributed by atoms with Gasteiger partial charge in [-0.3, -0.25) is 0 Å². The van der Waals surface area contributed by atoms with Crippen LogP contribution in [0.3, 0.4) is 0 Å². The standard InChI is InChI=1S/C24H48O2/c1-5-10-19(4)17-23(25)12-9-8-11-21(7-3)18-24(26)22-15-13-20(6-2)14-16-22/h19-26H,5-18H2,1-4H3/t19?,20?,21-,22?,23?,24?/m0/s1. The van der Waals surface area contributed by atoms with Gasteiger partial charge in [0.05, 0.1) is 12.2 Å². The van der Waals surface area contributed by atoms with Gasteiger partial charge >= 0.3 is 0 Å². The van der Waals surface area contributed by atoms with Crippen LogP contribution >= 0.6 is 0 Å². The zero-order valence-electron chi connectivity index (χ0n) is 18.3. The van der Waals surface area contributed by atoms with Gasteiger partial charge in [-0.25, -0.2) is 0 Å². The molecule has 1 fully saturated rings. The first kappa shape index (κ1) is 24.0. The number of aliphatic hydroxyl groups is 2. The first-order valence-corrected chi connectivity index (χ1v) is 11.9. The third-order valence-electron chi connectivity index (χ3n) is 7.02.